The second-order valence-electron chi connectivity index (χ2n) is 8.25. The lowest BCUT2D eigenvalue weighted by molar-refractivity contribution is -0.132. The molecule has 0 radical (unpaired) electrons. The van der Waals surface area contributed by atoms with Crippen LogP contribution in [0, 0.1) is 12.8 Å². The Hall–Kier alpha value is -3.38. The Balaban J connectivity index is 1.78. The van der Waals surface area contributed by atoms with Gasteiger partial charge in [-0.25, -0.2) is 0 Å². The molecule has 0 aliphatic carbocycles. The van der Waals surface area contributed by atoms with E-state index >= 15 is 0 Å². The van der Waals surface area contributed by atoms with Gasteiger partial charge in [-0.1, -0.05) is 32.0 Å². The first-order valence-corrected chi connectivity index (χ1v) is 11.4. The highest BCUT2D eigenvalue weighted by Gasteiger charge is 2.47. The molecule has 5 nitrogen and oxygen atoms in total. The van der Waals surface area contributed by atoms with Crippen LogP contribution in [-0.2, 0) is 9.59 Å². The van der Waals surface area contributed by atoms with E-state index in [4.69, 9.17) is 4.74 Å². The van der Waals surface area contributed by atoms with Gasteiger partial charge in [0, 0.05) is 16.1 Å². The van der Waals surface area contributed by atoms with Crippen LogP contribution in [0.1, 0.15) is 35.9 Å². The monoisotopic (exact) mass is 447 g/mol. The number of amides is 1. The van der Waals surface area contributed by atoms with Crippen LogP contribution in [0.4, 0.5) is 5.69 Å². The summed E-state index contributed by atoms with van der Waals surface area (Å²) in [5.74, 6) is -0.445. The minimum absolute atomic E-state index is 0.0924. The van der Waals surface area contributed by atoms with Crippen molar-refractivity contribution in [1.82, 2.24) is 0 Å². The molecule has 1 saturated heterocycles. The Labute approximate surface area is 191 Å². The third-order valence-corrected chi connectivity index (χ3v) is 6.17. The molecule has 1 unspecified atom stereocenters. The molecule has 6 heteroatoms. The molecule has 1 aliphatic rings. The average molecular weight is 448 g/mol. The molecular weight excluding hydrogens is 422 g/mol. The van der Waals surface area contributed by atoms with E-state index in [2.05, 4.69) is 13.8 Å². The van der Waals surface area contributed by atoms with Gasteiger partial charge in [0.15, 0.2) is 0 Å². The van der Waals surface area contributed by atoms with Crippen molar-refractivity contribution in [3.8, 4) is 5.75 Å². The molecule has 1 aliphatic heterocycles. The van der Waals surface area contributed by atoms with Crippen molar-refractivity contribution in [3.63, 3.8) is 0 Å². The van der Waals surface area contributed by atoms with Crippen LogP contribution in [0.5, 0.6) is 5.75 Å². The fourth-order valence-electron chi connectivity index (χ4n) is 3.72. The summed E-state index contributed by atoms with van der Waals surface area (Å²) < 4.78 is 5.71. The maximum Gasteiger partial charge on any atom is 0.300 e. The smallest absolute Gasteiger partial charge is 0.300 e. The van der Waals surface area contributed by atoms with Gasteiger partial charge in [0.1, 0.15) is 17.6 Å². The molecule has 1 N–H and O–H groups in total. The van der Waals surface area contributed by atoms with Crippen LogP contribution >= 0.6 is 11.3 Å². The number of ketones is 1. The number of ether oxygens (including phenoxy) is 1. The first-order chi connectivity index (χ1) is 15.4. The molecule has 1 atom stereocenters. The lowest BCUT2D eigenvalue weighted by Gasteiger charge is -2.24. The van der Waals surface area contributed by atoms with Crippen LogP contribution in [0.2, 0.25) is 0 Å². The lowest BCUT2D eigenvalue weighted by Crippen LogP contribution is -2.29. The Morgan fingerprint density at radius 2 is 1.84 bits per heavy atom. The largest absolute Gasteiger partial charge is 0.507 e. The van der Waals surface area contributed by atoms with Crippen molar-refractivity contribution in [1.29, 1.82) is 0 Å². The van der Waals surface area contributed by atoms with Crippen LogP contribution in [-0.4, -0.2) is 23.4 Å². The Morgan fingerprint density at radius 3 is 2.47 bits per heavy atom. The number of aliphatic hydroxyl groups excluding tert-OH is 1. The molecule has 0 spiro atoms. The summed E-state index contributed by atoms with van der Waals surface area (Å²) in [6, 6.07) is 17.4. The van der Waals surface area contributed by atoms with Gasteiger partial charge < -0.3 is 9.84 Å². The van der Waals surface area contributed by atoms with Crippen LogP contribution in [0.3, 0.4) is 0 Å². The highest BCUT2D eigenvalue weighted by atomic mass is 32.1. The van der Waals surface area contributed by atoms with Crippen molar-refractivity contribution in [3.05, 3.63) is 87.6 Å². The van der Waals surface area contributed by atoms with Crippen molar-refractivity contribution >= 4 is 34.5 Å². The topological polar surface area (TPSA) is 66.8 Å². The van der Waals surface area contributed by atoms with E-state index in [1.54, 1.807) is 30.3 Å². The molecule has 2 heterocycles. The molecule has 0 bridgehead atoms. The molecule has 1 amide bonds. The summed E-state index contributed by atoms with van der Waals surface area (Å²) in [6.45, 7) is 6.66. The van der Waals surface area contributed by atoms with Crippen molar-refractivity contribution < 1.29 is 19.4 Å². The van der Waals surface area contributed by atoms with E-state index in [-0.39, 0.29) is 11.3 Å². The maximum absolute atomic E-state index is 13.1. The number of carbonyl (C=O) groups is 2. The zero-order valence-corrected chi connectivity index (χ0v) is 19.1. The molecule has 4 rings (SSSR count). The quantitative estimate of drug-likeness (QED) is 0.298. The van der Waals surface area contributed by atoms with Gasteiger partial charge >= 0.3 is 0 Å². The van der Waals surface area contributed by atoms with Crippen LogP contribution in [0.25, 0.3) is 5.76 Å². The van der Waals surface area contributed by atoms with Gasteiger partial charge in [0.25, 0.3) is 11.7 Å². The van der Waals surface area contributed by atoms with Crippen molar-refractivity contribution in [2.45, 2.75) is 26.8 Å². The van der Waals surface area contributed by atoms with E-state index in [1.165, 1.54) is 16.2 Å². The molecule has 1 aromatic heterocycles. The zero-order chi connectivity index (χ0) is 22.8. The number of aliphatic hydroxyl groups is 1. The molecule has 3 aromatic rings. The van der Waals surface area contributed by atoms with E-state index in [0.29, 0.717) is 29.5 Å². The zero-order valence-electron chi connectivity index (χ0n) is 18.2. The number of nitrogens with zero attached hydrogens (tertiary/aromatic N) is 1. The number of thiophene rings is 1. The Bertz CT molecular complexity index is 1160. The minimum Gasteiger partial charge on any atom is -0.507 e. The fourth-order valence-corrected chi connectivity index (χ4v) is 4.54. The summed E-state index contributed by atoms with van der Waals surface area (Å²) in [5.41, 5.74) is 2.16. The minimum atomic E-state index is -0.692. The second-order valence-corrected chi connectivity index (χ2v) is 9.23. The number of hydrogen-bond acceptors (Lipinski definition) is 5. The first-order valence-electron chi connectivity index (χ1n) is 10.5. The van der Waals surface area contributed by atoms with E-state index in [0.717, 1.165) is 10.4 Å². The lowest BCUT2D eigenvalue weighted by atomic mass is 9.99. The van der Waals surface area contributed by atoms with Gasteiger partial charge in [-0.15, -0.1) is 11.3 Å². The van der Waals surface area contributed by atoms with E-state index in [9.17, 15) is 14.7 Å². The van der Waals surface area contributed by atoms with Gasteiger partial charge in [-0.3, -0.25) is 14.5 Å². The highest BCUT2D eigenvalue weighted by Crippen LogP contribution is 2.43. The normalized spacial score (nSPS) is 17.9. The maximum atomic E-state index is 13.1. The summed E-state index contributed by atoms with van der Waals surface area (Å²) in [6.07, 6.45) is 0. The molecule has 0 saturated carbocycles. The number of benzene rings is 2. The molecular formula is C26H25NO4S. The van der Waals surface area contributed by atoms with E-state index in [1.807, 2.05) is 42.6 Å². The number of Topliss-reactive ketones (excluding diaryl/α,β-unsaturated/α-hetero) is 1. The summed E-state index contributed by atoms with van der Waals surface area (Å²) in [4.78, 5) is 28.5. The number of rotatable bonds is 6. The highest BCUT2D eigenvalue weighted by molar-refractivity contribution is 7.10. The predicted molar refractivity (Wildman–Crippen MR) is 127 cm³/mol. The third-order valence-electron chi connectivity index (χ3n) is 5.25. The summed E-state index contributed by atoms with van der Waals surface area (Å²) in [5, 5.41) is 13.0. The standard InChI is InChI=1S/C26H25NO4S/c1-16(2)15-31-20-11-9-18(10-12-20)24(28)22-23(21-8-5-13-32-21)27(26(30)25(22)29)19-7-4-6-17(3)14-19/h4-14,16,23,28H,15H2,1-3H3/b24-22-. The van der Waals surface area contributed by atoms with Gasteiger partial charge in [-0.05, 0) is 66.2 Å². The number of carbonyl (C=O) groups excluding carboxylic acids is 2. The van der Waals surface area contributed by atoms with Crippen molar-refractivity contribution in [2.24, 2.45) is 5.92 Å². The fraction of sp³-hybridized carbons (Fsp3) is 0.231. The summed E-state index contributed by atoms with van der Waals surface area (Å²) >= 11 is 1.44. The Kier molecular flexibility index (Phi) is 6.15. The van der Waals surface area contributed by atoms with E-state index < -0.39 is 17.7 Å². The number of anilines is 1. The van der Waals surface area contributed by atoms with Crippen molar-refractivity contribution in [2.75, 3.05) is 11.5 Å². The SMILES string of the molecule is Cc1cccc(N2C(=O)C(=O)/C(=C(\O)c3ccc(OCC(C)C)cc3)C2c2cccs2)c1. The molecule has 1 fully saturated rings. The Morgan fingerprint density at radius 1 is 1.09 bits per heavy atom. The molecule has 32 heavy (non-hydrogen) atoms. The van der Waals surface area contributed by atoms with Gasteiger partial charge in [0.05, 0.1) is 12.2 Å². The second kappa shape index (κ2) is 9.01. The molecule has 164 valence electrons. The van der Waals surface area contributed by atoms with Crippen LogP contribution < -0.4 is 9.64 Å². The van der Waals surface area contributed by atoms with Crippen LogP contribution in [0.15, 0.2) is 71.6 Å². The molecule has 2 aromatic carbocycles. The number of aryl methyl sites for hydroxylation is 1. The van der Waals surface area contributed by atoms with Gasteiger partial charge in [-0.2, -0.15) is 0 Å². The average Bonchev–Trinajstić information content (AvgIpc) is 3.39. The first kappa shape index (κ1) is 21.8. The number of hydrogen-bond donors (Lipinski definition) is 1. The summed E-state index contributed by atoms with van der Waals surface area (Å²) in [7, 11) is 0. The van der Waals surface area contributed by atoms with Gasteiger partial charge in [0.2, 0.25) is 0 Å². The predicted octanol–water partition coefficient (Wildman–Crippen LogP) is 5.72. The third kappa shape index (κ3) is 4.18.